The average Bonchev–Trinajstić information content (AvgIpc) is 1.37. The van der Waals surface area contributed by atoms with Gasteiger partial charge in [-0.2, -0.15) is 0 Å². The van der Waals surface area contributed by atoms with Crippen LogP contribution in [-0.4, -0.2) is 29.3 Å². The molecule has 0 aliphatic carbocycles. The molecule has 6 heavy (non-hydrogen) atoms. The maximum Gasteiger partial charge on any atom is 0.316 e. The summed E-state index contributed by atoms with van der Waals surface area (Å²) in [6, 6.07) is 0. The van der Waals surface area contributed by atoms with E-state index in [9.17, 15) is 4.79 Å². The normalized spacial score (nSPS) is 3.83. The molecule has 0 aromatic heterocycles. The summed E-state index contributed by atoms with van der Waals surface area (Å²) < 4.78 is 0.729. The molecule has 0 saturated heterocycles. The summed E-state index contributed by atoms with van der Waals surface area (Å²) in [6.07, 6.45) is 0.915. The molecule has 0 aromatic carbocycles. The van der Waals surface area contributed by atoms with E-state index < -0.39 is 0 Å². The summed E-state index contributed by atoms with van der Waals surface area (Å²) in [7, 11) is 0. The van der Waals surface area contributed by atoms with Gasteiger partial charge in [0.15, 0.2) is 0 Å². The second-order valence-electron chi connectivity index (χ2n) is 0.371. The van der Waals surface area contributed by atoms with Crippen molar-refractivity contribution in [3.63, 3.8) is 0 Å². The van der Waals surface area contributed by atoms with Crippen molar-refractivity contribution >= 4 is 29.3 Å². The van der Waals surface area contributed by atoms with Gasteiger partial charge < -0.3 is 0 Å². The van der Waals surface area contributed by atoms with E-state index in [1.54, 1.807) is 0 Å². The van der Waals surface area contributed by atoms with E-state index in [4.69, 9.17) is 0 Å². The molecule has 1 nitrogen and oxygen atoms in total. The van der Waals surface area contributed by atoms with Crippen LogP contribution in [0.5, 0.6) is 0 Å². The van der Waals surface area contributed by atoms with Crippen LogP contribution in [0.1, 0.15) is 0 Å². The number of rotatable bonds is 1. The van der Waals surface area contributed by atoms with Crippen molar-refractivity contribution in [1.82, 2.24) is 0 Å². The zero-order valence-corrected chi connectivity index (χ0v) is 8.31. The van der Waals surface area contributed by atoms with Crippen LogP contribution in [0.3, 0.4) is 0 Å². The van der Waals surface area contributed by atoms with Gasteiger partial charge >= 0.3 is 63.0 Å². The van der Waals surface area contributed by atoms with E-state index in [0.29, 0.717) is 0 Å². The van der Waals surface area contributed by atoms with Gasteiger partial charge in [-0.15, -0.1) is 0 Å². The largest absolute Gasteiger partial charge is 0.316 e. The van der Waals surface area contributed by atoms with E-state index in [1.165, 1.54) is 24.7 Å². The second-order valence-corrected chi connectivity index (χ2v) is 1.37. The number of aldehydes is 1. The Morgan fingerprint density at radius 1 is 1.67 bits per heavy atom. The topological polar surface area (TPSA) is 17.1 Å². The van der Waals surface area contributed by atoms with Gasteiger partial charge in [-0.3, -0.25) is 0 Å². The molecule has 0 heterocycles. The van der Waals surface area contributed by atoms with Gasteiger partial charge in [-0.25, -0.2) is 0 Å². The van der Waals surface area contributed by atoms with E-state index in [2.05, 4.69) is 0 Å². The first-order valence-electron chi connectivity index (χ1n) is 0.998. The fourth-order valence-corrected chi connectivity index (χ4v) is 0. The maximum absolute atomic E-state index is 9.20. The van der Waals surface area contributed by atoms with Crippen LogP contribution in [-0.2, 0) is 51.9 Å². The molecule has 1 radical (unpaired) electrons. The van der Waals surface area contributed by atoms with Gasteiger partial charge in [0.25, 0.3) is 0 Å². The molecule has 0 spiro atoms. The molecule has 4 heteroatoms. The summed E-state index contributed by atoms with van der Waals surface area (Å²) in [5.74, 6) is 0. The molecule has 0 unspecified atom stereocenters. The third kappa shape index (κ3) is 16.6. The first-order valence-corrected chi connectivity index (χ1v) is 2.74. The van der Waals surface area contributed by atoms with Gasteiger partial charge in [0.2, 0.25) is 0 Å². The van der Waals surface area contributed by atoms with Crippen LogP contribution in [0.2, 0.25) is 4.13 Å². The van der Waals surface area contributed by atoms with Crippen molar-refractivity contribution in [3.8, 4) is 0 Å². The SMILES string of the molecule is O=C[CH2][Zr].[MgH2].[Ta]. The molecule has 0 aliphatic rings. The van der Waals surface area contributed by atoms with Crippen LogP contribution >= 0.6 is 0 Å². The monoisotopic (exact) mass is 340 g/mol. The summed E-state index contributed by atoms with van der Waals surface area (Å²) in [4.78, 5) is 9.20. The Morgan fingerprint density at radius 2 is 1.83 bits per heavy atom. The second kappa shape index (κ2) is 15.7. The Hall–Kier alpha value is 2.06. The zero-order chi connectivity index (χ0) is 3.41. The molecule has 0 aliphatic heterocycles. The number of carbonyl (C=O) groups excluding carboxylic acids is 1. The minimum Gasteiger partial charge on any atom is 0 e. The fourth-order valence-electron chi connectivity index (χ4n) is 0. The quantitative estimate of drug-likeness (QED) is 0.452. The molecule has 0 atom stereocenters. The first-order chi connectivity index (χ1) is 1.91. The summed E-state index contributed by atoms with van der Waals surface area (Å²) in [5, 5.41) is 0. The molecule has 0 N–H and O–H groups in total. The smallest absolute Gasteiger partial charge is 0 e. The van der Waals surface area contributed by atoms with E-state index in [-0.39, 0.29) is 45.4 Å². The molecule has 0 fully saturated rings. The Labute approximate surface area is 84.1 Å². The number of hydrogen-bond acceptors (Lipinski definition) is 1. The minimum absolute atomic E-state index is 0. The van der Waals surface area contributed by atoms with Crippen molar-refractivity contribution in [1.29, 1.82) is 0 Å². The van der Waals surface area contributed by atoms with E-state index in [0.717, 1.165) is 10.4 Å². The molecule has 0 saturated carbocycles. The third-order valence-corrected chi connectivity index (χ3v) is 0.493. The zero-order valence-electron chi connectivity index (χ0n) is 2.64. The van der Waals surface area contributed by atoms with Crippen molar-refractivity contribution in [3.05, 3.63) is 0 Å². The Bertz CT molecular complexity index is 27.5. The van der Waals surface area contributed by atoms with Crippen molar-refractivity contribution < 1.29 is 51.9 Å². The summed E-state index contributed by atoms with van der Waals surface area (Å²) in [6.45, 7) is 0. The first kappa shape index (κ1) is 15.7. The van der Waals surface area contributed by atoms with E-state index in [1.807, 2.05) is 0 Å². The molecule has 0 bridgehead atoms. The number of hydrogen-bond donors (Lipinski definition) is 0. The summed E-state index contributed by atoms with van der Waals surface area (Å²) >= 11 is 1.30. The van der Waals surface area contributed by atoms with Gasteiger partial charge in [0.05, 0.1) is 0 Å². The maximum atomic E-state index is 9.20. The van der Waals surface area contributed by atoms with Crippen LogP contribution in [0.15, 0.2) is 0 Å². The predicted octanol–water partition coefficient (Wildman–Crippen LogP) is -0.768. The van der Waals surface area contributed by atoms with Crippen LogP contribution in [0.4, 0.5) is 0 Å². The van der Waals surface area contributed by atoms with Crippen LogP contribution in [0, 0.1) is 0 Å². The Morgan fingerprint density at radius 3 is 1.83 bits per heavy atom. The van der Waals surface area contributed by atoms with Crippen LogP contribution < -0.4 is 0 Å². The van der Waals surface area contributed by atoms with Crippen LogP contribution in [0.25, 0.3) is 0 Å². The Kier molecular flexibility index (Phi) is 41.1. The number of carbonyl (C=O) groups is 1. The molecular formula is C2H5MgOTaZr. The predicted molar refractivity (Wildman–Crippen MR) is 19.4 cm³/mol. The summed E-state index contributed by atoms with van der Waals surface area (Å²) in [5.41, 5.74) is 0. The van der Waals surface area contributed by atoms with E-state index >= 15 is 0 Å². The third-order valence-electron chi connectivity index (χ3n) is 0.0833. The average molecular weight is 342 g/mol. The van der Waals surface area contributed by atoms with Gasteiger partial charge in [0.1, 0.15) is 0 Å². The molecule has 0 aromatic rings. The molecule has 0 rings (SSSR count). The van der Waals surface area contributed by atoms with Crippen molar-refractivity contribution in [2.24, 2.45) is 0 Å². The molecule has 30 valence electrons. The minimum atomic E-state index is 0. The molecule has 0 amide bonds. The Balaban J connectivity index is -0.0000000450. The van der Waals surface area contributed by atoms with Gasteiger partial charge in [-0.1, -0.05) is 0 Å². The standard InChI is InChI=1S/C2H3O.Mg.Ta.Zr.2H/c1-2-3;;;;;/h2H,1H2;;;;;. The molecular weight excluding hydrogens is 336 g/mol. The fraction of sp³-hybridized carbons (Fsp3) is 0.500. The van der Waals surface area contributed by atoms with Crippen molar-refractivity contribution in [2.75, 3.05) is 0 Å². The van der Waals surface area contributed by atoms with Crippen molar-refractivity contribution in [2.45, 2.75) is 4.13 Å². The van der Waals surface area contributed by atoms with Gasteiger partial charge in [0, 0.05) is 22.4 Å². The van der Waals surface area contributed by atoms with Gasteiger partial charge in [-0.05, 0) is 0 Å².